The van der Waals surface area contributed by atoms with E-state index in [4.69, 9.17) is 11.6 Å². The monoisotopic (exact) mass is 369 g/mol. The Labute approximate surface area is 156 Å². The van der Waals surface area contributed by atoms with Gasteiger partial charge in [0.2, 0.25) is 5.91 Å². The molecule has 3 nitrogen and oxygen atoms in total. The molecule has 4 rings (SSSR count). The lowest BCUT2D eigenvalue weighted by Crippen LogP contribution is -2.41. The van der Waals surface area contributed by atoms with Crippen molar-refractivity contribution in [3.8, 4) is 0 Å². The average molecular weight is 370 g/mol. The van der Waals surface area contributed by atoms with Crippen molar-refractivity contribution in [3.63, 3.8) is 0 Å². The molecule has 26 heavy (non-hydrogen) atoms. The average Bonchev–Trinajstić information content (AvgIpc) is 2.62. The Bertz CT molecular complexity index is 937. The second-order valence-electron chi connectivity index (χ2n) is 6.63. The normalized spacial score (nSPS) is 20.4. The topological polar surface area (TPSA) is 37.4 Å². The van der Waals surface area contributed by atoms with E-state index in [0.717, 1.165) is 5.56 Å². The maximum atomic E-state index is 14.4. The highest BCUT2D eigenvalue weighted by atomic mass is 35.5. The van der Waals surface area contributed by atoms with E-state index in [-0.39, 0.29) is 29.7 Å². The van der Waals surface area contributed by atoms with Gasteiger partial charge in [-0.1, -0.05) is 35.9 Å². The van der Waals surface area contributed by atoms with Crippen LogP contribution in [-0.2, 0) is 9.59 Å². The molecule has 2 aromatic rings. The Hall–Kier alpha value is -2.46. The lowest BCUT2D eigenvalue weighted by molar-refractivity contribution is -0.120. The fraction of sp³-hybridized carbons (Fsp3) is 0.238. The van der Waals surface area contributed by atoms with E-state index >= 15 is 0 Å². The second kappa shape index (κ2) is 6.69. The Morgan fingerprint density at radius 3 is 2.62 bits per heavy atom. The highest BCUT2D eigenvalue weighted by Gasteiger charge is 2.40. The van der Waals surface area contributed by atoms with Crippen LogP contribution in [0.4, 0.5) is 10.1 Å². The summed E-state index contributed by atoms with van der Waals surface area (Å²) < 4.78 is 14.4. The van der Waals surface area contributed by atoms with Crippen LogP contribution in [0.2, 0.25) is 5.02 Å². The van der Waals surface area contributed by atoms with Crippen LogP contribution in [0.1, 0.15) is 37.2 Å². The van der Waals surface area contributed by atoms with Gasteiger partial charge in [-0.05, 0) is 42.7 Å². The van der Waals surface area contributed by atoms with E-state index in [1.54, 1.807) is 30.3 Å². The van der Waals surface area contributed by atoms with Crippen LogP contribution in [0.25, 0.3) is 0 Å². The molecule has 1 amide bonds. The molecule has 1 atom stereocenters. The number of para-hydroxylation sites is 1. The van der Waals surface area contributed by atoms with E-state index in [0.29, 0.717) is 35.6 Å². The third-order valence-corrected chi connectivity index (χ3v) is 5.25. The van der Waals surface area contributed by atoms with Gasteiger partial charge in [0.1, 0.15) is 5.82 Å². The van der Waals surface area contributed by atoms with Crippen LogP contribution in [0, 0.1) is 5.82 Å². The molecule has 1 unspecified atom stereocenters. The first-order valence-corrected chi connectivity index (χ1v) is 9.03. The van der Waals surface area contributed by atoms with Crippen LogP contribution in [0.3, 0.4) is 0 Å². The summed E-state index contributed by atoms with van der Waals surface area (Å²) in [7, 11) is 0. The molecule has 0 saturated carbocycles. The van der Waals surface area contributed by atoms with Crippen LogP contribution in [0.15, 0.2) is 59.8 Å². The number of amides is 1. The smallest absolute Gasteiger partial charge is 0.232 e. The van der Waals surface area contributed by atoms with Gasteiger partial charge in [-0.3, -0.25) is 14.5 Å². The summed E-state index contributed by atoms with van der Waals surface area (Å²) in [5, 5.41) is 0.567. The first-order chi connectivity index (χ1) is 12.6. The number of hydrogen-bond donors (Lipinski definition) is 0. The molecule has 0 saturated heterocycles. The molecule has 0 radical (unpaired) electrons. The second-order valence-corrected chi connectivity index (χ2v) is 7.07. The molecule has 0 fully saturated rings. The van der Waals surface area contributed by atoms with Crippen LogP contribution in [-0.4, -0.2) is 11.7 Å². The molecule has 1 aliphatic carbocycles. The highest BCUT2D eigenvalue weighted by Crippen LogP contribution is 2.44. The Balaban J connectivity index is 1.89. The predicted octanol–water partition coefficient (Wildman–Crippen LogP) is 5.01. The van der Waals surface area contributed by atoms with Crippen LogP contribution >= 0.6 is 11.6 Å². The summed E-state index contributed by atoms with van der Waals surface area (Å²) in [5.74, 6) is -0.961. The van der Waals surface area contributed by atoms with Crippen LogP contribution < -0.4 is 4.90 Å². The molecule has 0 aromatic heterocycles. The third kappa shape index (κ3) is 2.84. The van der Waals surface area contributed by atoms with Gasteiger partial charge in [0.05, 0.1) is 5.69 Å². The summed E-state index contributed by atoms with van der Waals surface area (Å²) in [6.07, 6.45) is 1.82. The Morgan fingerprint density at radius 1 is 1.04 bits per heavy atom. The molecule has 5 heteroatoms. The molecule has 0 bridgehead atoms. The fourth-order valence-corrected chi connectivity index (χ4v) is 4.11. The number of ketones is 1. The van der Waals surface area contributed by atoms with Gasteiger partial charge in [-0.25, -0.2) is 4.39 Å². The Morgan fingerprint density at radius 2 is 1.85 bits per heavy atom. The van der Waals surface area contributed by atoms with Gasteiger partial charge in [-0.2, -0.15) is 0 Å². The van der Waals surface area contributed by atoms with E-state index in [1.165, 1.54) is 11.0 Å². The standard InChI is InChI=1S/C21H17ClFNO2/c22-14-6-3-5-13(11-14)15-12-20(26)24(17-8-2-1-7-16(17)23)18-9-4-10-19(25)21(15)18/h1-3,5-8,11,15H,4,9-10,12H2. The molecule has 2 aromatic carbocycles. The quantitative estimate of drug-likeness (QED) is 0.746. The molecular formula is C21H17ClFNO2. The number of nitrogens with zero attached hydrogens (tertiary/aromatic N) is 1. The minimum atomic E-state index is -0.466. The summed E-state index contributed by atoms with van der Waals surface area (Å²) in [6, 6.07) is 13.5. The number of carbonyl (C=O) groups is 2. The van der Waals surface area contributed by atoms with Crippen molar-refractivity contribution < 1.29 is 14.0 Å². The molecule has 0 N–H and O–H groups in total. The first-order valence-electron chi connectivity index (χ1n) is 8.65. The van der Waals surface area contributed by atoms with E-state index in [2.05, 4.69) is 0 Å². The van der Waals surface area contributed by atoms with E-state index < -0.39 is 5.82 Å². The van der Waals surface area contributed by atoms with Gasteiger partial charge >= 0.3 is 0 Å². The number of benzene rings is 2. The number of carbonyl (C=O) groups excluding carboxylic acids is 2. The molecule has 1 aliphatic heterocycles. The molecule has 1 heterocycles. The van der Waals surface area contributed by atoms with Crippen molar-refractivity contribution in [3.05, 3.63) is 76.2 Å². The summed E-state index contributed by atoms with van der Waals surface area (Å²) in [6.45, 7) is 0. The minimum absolute atomic E-state index is 0.0325. The molecule has 0 spiro atoms. The van der Waals surface area contributed by atoms with Gasteiger partial charge in [0.15, 0.2) is 5.78 Å². The van der Waals surface area contributed by atoms with Gasteiger partial charge < -0.3 is 0 Å². The van der Waals surface area contributed by atoms with Crippen molar-refractivity contribution in [1.29, 1.82) is 0 Å². The minimum Gasteiger partial charge on any atom is -0.294 e. The largest absolute Gasteiger partial charge is 0.294 e. The van der Waals surface area contributed by atoms with E-state index in [9.17, 15) is 14.0 Å². The number of allylic oxidation sites excluding steroid dienone is 2. The maximum absolute atomic E-state index is 14.4. The number of hydrogen-bond acceptors (Lipinski definition) is 2. The molecular weight excluding hydrogens is 353 g/mol. The number of anilines is 1. The summed E-state index contributed by atoms with van der Waals surface area (Å²) >= 11 is 6.11. The SMILES string of the molecule is O=C1CCCC2=C1C(c1cccc(Cl)c1)CC(=O)N2c1ccccc1F. The lowest BCUT2D eigenvalue weighted by atomic mass is 9.77. The van der Waals surface area contributed by atoms with Crippen molar-refractivity contribution in [2.75, 3.05) is 4.90 Å². The Kier molecular flexibility index (Phi) is 4.37. The number of halogens is 2. The van der Waals surface area contributed by atoms with Crippen molar-refractivity contribution in [2.24, 2.45) is 0 Å². The zero-order valence-corrected chi connectivity index (χ0v) is 14.8. The van der Waals surface area contributed by atoms with Gasteiger partial charge in [0, 0.05) is 35.1 Å². The first kappa shape index (κ1) is 17.0. The highest BCUT2D eigenvalue weighted by molar-refractivity contribution is 6.30. The van der Waals surface area contributed by atoms with Gasteiger partial charge in [0.25, 0.3) is 0 Å². The fourth-order valence-electron chi connectivity index (χ4n) is 3.91. The van der Waals surface area contributed by atoms with Crippen molar-refractivity contribution >= 4 is 29.0 Å². The zero-order valence-electron chi connectivity index (χ0n) is 14.0. The lowest BCUT2D eigenvalue weighted by Gasteiger charge is -2.38. The number of Topliss-reactive ketones (excluding diaryl/α,β-unsaturated/α-hetero) is 1. The van der Waals surface area contributed by atoms with Crippen molar-refractivity contribution in [2.45, 2.75) is 31.6 Å². The number of rotatable bonds is 2. The molecule has 2 aliphatic rings. The molecule has 132 valence electrons. The maximum Gasteiger partial charge on any atom is 0.232 e. The third-order valence-electron chi connectivity index (χ3n) is 5.02. The summed E-state index contributed by atoms with van der Waals surface area (Å²) in [5.41, 5.74) is 2.32. The summed E-state index contributed by atoms with van der Waals surface area (Å²) in [4.78, 5) is 27.1. The van der Waals surface area contributed by atoms with Gasteiger partial charge in [-0.15, -0.1) is 0 Å². The zero-order chi connectivity index (χ0) is 18.3. The van der Waals surface area contributed by atoms with Crippen LogP contribution in [0.5, 0.6) is 0 Å². The predicted molar refractivity (Wildman–Crippen MR) is 98.6 cm³/mol. The van der Waals surface area contributed by atoms with E-state index in [1.807, 2.05) is 12.1 Å². The van der Waals surface area contributed by atoms with Crippen molar-refractivity contribution in [1.82, 2.24) is 0 Å².